The maximum absolute atomic E-state index is 11.0. The highest BCUT2D eigenvalue weighted by molar-refractivity contribution is 5.72. The molecule has 0 radical (unpaired) electrons. The zero-order chi connectivity index (χ0) is 19.3. The molecule has 1 aliphatic heterocycles. The summed E-state index contributed by atoms with van der Waals surface area (Å²) < 4.78 is 5.85. The van der Waals surface area contributed by atoms with Gasteiger partial charge in [-0.05, 0) is 72.9 Å². The highest BCUT2D eigenvalue weighted by Crippen LogP contribution is 2.32. The lowest BCUT2D eigenvalue weighted by molar-refractivity contribution is -0.119. The lowest BCUT2D eigenvalue weighted by Gasteiger charge is -2.34. The number of piperidine rings is 1. The van der Waals surface area contributed by atoms with Gasteiger partial charge in [-0.1, -0.05) is 24.3 Å². The summed E-state index contributed by atoms with van der Waals surface area (Å²) in [5.41, 5.74) is 3.86. The molecule has 2 aromatic carbocycles. The van der Waals surface area contributed by atoms with Crippen LogP contribution >= 0.6 is 0 Å². The third-order valence-corrected chi connectivity index (χ3v) is 5.87. The van der Waals surface area contributed by atoms with Gasteiger partial charge >= 0.3 is 0 Å². The van der Waals surface area contributed by atoms with Crippen molar-refractivity contribution in [3.63, 3.8) is 0 Å². The monoisotopic (exact) mass is 378 g/mol. The molecule has 0 unspecified atom stereocenters. The minimum absolute atomic E-state index is 0.0129. The Morgan fingerprint density at radius 3 is 2.29 bits per heavy atom. The van der Waals surface area contributed by atoms with Gasteiger partial charge in [-0.2, -0.15) is 0 Å². The molecule has 1 amide bonds. The Bertz CT molecular complexity index is 773. The molecule has 0 bridgehead atoms. The molecular formula is C24H30N2O2. The van der Waals surface area contributed by atoms with E-state index < -0.39 is 0 Å². The molecule has 1 N–H and O–H groups in total. The summed E-state index contributed by atoms with van der Waals surface area (Å²) in [6, 6.07) is 17.3. The molecule has 4 nitrogen and oxygen atoms in total. The number of nitrogens with zero attached hydrogens (tertiary/aromatic N) is 1. The molecule has 2 aliphatic rings. The summed E-state index contributed by atoms with van der Waals surface area (Å²) in [4.78, 5) is 13.5. The number of ether oxygens (including phenoxy) is 1. The second kappa shape index (κ2) is 8.68. The van der Waals surface area contributed by atoms with Crippen LogP contribution in [-0.4, -0.2) is 25.6 Å². The lowest BCUT2D eigenvalue weighted by atomic mass is 9.89. The van der Waals surface area contributed by atoms with E-state index >= 15 is 0 Å². The highest BCUT2D eigenvalue weighted by Gasteiger charge is 2.22. The number of hydrogen-bond donors (Lipinski definition) is 1. The van der Waals surface area contributed by atoms with Crippen LogP contribution in [0.5, 0.6) is 5.75 Å². The highest BCUT2D eigenvalue weighted by atomic mass is 16.5. The minimum Gasteiger partial charge on any atom is -0.493 e. The fraction of sp³-hybridized carbons (Fsp3) is 0.458. The van der Waals surface area contributed by atoms with Crippen molar-refractivity contribution in [3.8, 4) is 5.75 Å². The Morgan fingerprint density at radius 1 is 1.00 bits per heavy atom. The maximum atomic E-state index is 11.0. The first-order valence-electron chi connectivity index (χ1n) is 10.5. The van der Waals surface area contributed by atoms with Crippen LogP contribution in [0.4, 0.5) is 5.69 Å². The molecule has 0 atom stereocenters. The number of amides is 1. The van der Waals surface area contributed by atoms with Crippen molar-refractivity contribution >= 4 is 11.6 Å². The summed E-state index contributed by atoms with van der Waals surface area (Å²) in [5.74, 6) is 2.41. The number of carbonyl (C=O) groups is 1. The number of anilines is 1. The van der Waals surface area contributed by atoms with Gasteiger partial charge in [0.25, 0.3) is 0 Å². The zero-order valence-corrected chi connectivity index (χ0v) is 16.7. The van der Waals surface area contributed by atoms with Crippen LogP contribution < -0.4 is 15.0 Å². The van der Waals surface area contributed by atoms with Gasteiger partial charge in [-0.3, -0.25) is 4.79 Å². The Morgan fingerprint density at radius 2 is 1.68 bits per heavy atom. The Hall–Kier alpha value is -2.49. The van der Waals surface area contributed by atoms with E-state index in [2.05, 4.69) is 58.7 Å². The summed E-state index contributed by atoms with van der Waals surface area (Å²) in [6.07, 6.45) is 4.99. The number of nitrogens with one attached hydrogen (secondary N) is 1. The van der Waals surface area contributed by atoms with Crippen molar-refractivity contribution in [2.24, 2.45) is 5.92 Å². The van der Waals surface area contributed by atoms with Crippen molar-refractivity contribution in [3.05, 3.63) is 59.7 Å². The molecule has 28 heavy (non-hydrogen) atoms. The zero-order valence-electron chi connectivity index (χ0n) is 16.7. The van der Waals surface area contributed by atoms with E-state index in [1.165, 1.54) is 36.9 Å². The maximum Gasteiger partial charge on any atom is 0.217 e. The van der Waals surface area contributed by atoms with Crippen LogP contribution in [0.25, 0.3) is 0 Å². The van der Waals surface area contributed by atoms with Crippen LogP contribution in [0.15, 0.2) is 48.5 Å². The molecule has 148 valence electrons. The largest absolute Gasteiger partial charge is 0.493 e. The van der Waals surface area contributed by atoms with Crippen molar-refractivity contribution in [2.75, 3.05) is 24.6 Å². The summed E-state index contributed by atoms with van der Waals surface area (Å²) in [7, 11) is 0. The summed E-state index contributed by atoms with van der Waals surface area (Å²) in [5, 5.41) is 2.85. The predicted molar refractivity (Wildman–Crippen MR) is 113 cm³/mol. The molecule has 0 aromatic heterocycles. The quantitative estimate of drug-likeness (QED) is 0.771. The average Bonchev–Trinajstić information content (AvgIpc) is 3.56. The second-order valence-corrected chi connectivity index (χ2v) is 8.16. The fourth-order valence-electron chi connectivity index (χ4n) is 3.86. The van der Waals surface area contributed by atoms with Crippen molar-refractivity contribution < 1.29 is 9.53 Å². The van der Waals surface area contributed by atoms with E-state index in [9.17, 15) is 4.79 Å². The van der Waals surface area contributed by atoms with Crippen LogP contribution in [0.2, 0.25) is 0 Å². The van der Waals surface area contributed by atoms with Gasteiger partial charge in [0, 0.05) is 32.2 Å². The number of benzene rings is 2. The topological polar surface area (TPSA) is 41.6 Å². The van der Waals surface area contributed by atoms with Gasteiger partial charge in [0.1, 0.15) is 5.75 Å². The Kier molecular flexibility index (Phi) is 5.84. The van der Waals surface area contributed by atoms with Crippen molar-refractivity contribution in [1.82, 2.24) is 5.32 Å². The summed E-state index contributed by atoms with van der Waals surface area (Å²) in [6.45, 7) is 5.20. The third-order valence-electron chi connectivity index (χ3n) is 5.87. The average molecular weight is 379 g/mol. The van der Waals surface area contributed by atoms with E-state index in [0.29, 0.717) is 12.5 Å². The van der Waals surface area contributed by atoms with Gasteiger partial charge in [0.05, 0.1) is 6.61 Å². The molecule has 2 aromatic rings. The van der Waals surface area contributed by atoms with E-state index in [0.717, 1.165) is 36.9 Å². The van der Waals surface area contributed by atoms with E-state index in [-0.39, 0.29) is 5.91 Å². The van der Waals surface area contributed by atoms with Crippen molar-refractivity contribution in [2.45, 2.75) is 45.1 Å². The number of carbonyl (C=O) groups excluding carboxylic acids is 1. The third kappa shape index (κ3) is 5.06. The standard InChI is InChI=1S/C24H30N2O2/c1-18(27)25-16-19-4-6-21(7-5-19)22-12-14-26(15-13-22)23-8-10-24(11-9-23)28-17-20-2-3-20/h4-11,20,22H,2-3,12-17H2,1H3,(H,25,27). The predicted octanol–water partition coefficient (Wildman–Crippen LogP) is 4.50. The Balaban J connectivity index is 1.27. The number of hydrogen-bond acceptors (Lipinski definition) is 3. The Labute approximate surface area is 167 Å². The molecule has 4 heteroatoms. The first-order chi connectivity index (χ1) is 13.7. The lowest BCUT2D eigenvalue weighted by Crippen LogP contribution is -2.32. The second-order valence-electron chi connectivity index (χ2n) is 8.16. The van der Waals surface area contributed by atoms with Crippen LogP contribution in [-0.2, 0) is 11.3 Å². The molecule has 4 rings (SSSR count). The van der Waals surface area contributed by atoms with Gasteiger partial charge in [0.2, 0.25) is 5.91 Å². The van der Waals surface area contributed by atoms with E-state index in [1.54, 1.807) is 6.92 Å². The summed E-state index contributed by atoms with van der Waals surface area (Å²) >= 11 is 0. The van der Waals surface area contributed by atoms with E-state index in [4.69, 9.17) is 4.74 Å². The van der Waals surface area contributed by atoms with Crippen LogP contribution in [0, 0.1) is 5.92 Å². The molecule has 1 saturated carbocycles. The number of rotatable bonds is 7. The normalized spacial score (nSPS) is 17.4. The first-order valence-corrected chi connectivity index (χ1v) is 10.5. The molecule has 2 fully saturated rings. The van der Waals surface area contributed by atoms with Gasteiger partial charge in [0.15, 0.2) is 0 Å². The van der Waals surface area contributed by atoms with Gasteiger partial charge in [-0.15, -0.1) is 0 Å². The molecule has 0 spiro atoms. The minimum atomic E-state index is 0.0129. The van der Waals surface area contributed by atoms with E-state index in [1.807, 2.05) is 0 Å². The van der Waals surface area contributed by atoms with Gasteiger partial charge < -0.3 is 15.0 Å². The molecular weight excluding hydrogens is 348 g/mol. The SMILES string of the molecule is CC(=O)NCc1ccc(C2CCN(c3ccc(OCC4CC4)cc3)CC2)cc1. The van der Waals surface area contributed by atoms with Crippen LogP contribution in [0.3, 0.4) is 0 Å². The molecule has 1 saturated heterocycles. The molecule has 1 aliphatic carbocycles. The van der Waals surface area contributed by atoms with Crippen LogP contribution in [0.1, 0.15) is 49.7 Å². The molecule has 1 heterocycles. The van der Waals surface area contributed by atoms with Crippen molar-refractivity contribution in [1.29, 1.82) is 0 Å². The van der Waals surface area contributed by atoms with Gasteiger partial charge in [-0.25, -0.2) is 0 Å². The fourth-order valence-corrected chi connectivity index (χ4v) is 3.86. The smallest absolute Gasteiger partial charge is 0.217 e. The first kappa shape index (κ1) is 18.9.